The SMILES string of the molecule is OC(CNCC1(O)CCC1)CN1CCOCC1. The van der Waals surface area contributed by atoms with Gasteiger partial charge in [0.1, 0.15) is 0 Å². The third kappa shape index (κ3) is 4.19. The van der Waals surface area contributed by atoms with Crippen LogP contribution in [-0.4, -0.2) is 72.8 Å². The molecule has 17 heavy (non-hydrogen) atoms. The number of nitrogens with zero attached hydrogens (tertiary/aromatic N) is 1. The Kier molecular flexibility index (Phi) is 4.76. The van der Waals surface area contributed by atoms with Crippen molar-refractivity contribution >= 4 is 0 Å². The van der Waals surface area contributed by atoms with Gasteiger partial charge in [0.25, 0.3) is 0 Å². The van der Waals surface area contributed by atoms with Crippen LogP contribution in [0, 0.1) is 0 Å². The van der Waals surface area contributed by atoms with Gasteiger partial charge in [-0.05, 0) is 19.3 Å². The van der Waals surface area contributed by atoms with Crippen molar-refractivity contribution in [3.05, 3.63) is 0 Å². The Morgan fingerprint density at radius 2 is 2.00 bits per heavy atom. The van der Waals surface area contributed by atoms with E-state index in [9.17, 15) is 10.2 Å². The van der Waals surface area contributed by atoms with Crippen LogP contribution in [0.4, 0.5) is 0 Å². The molecule has 0 radical (unpaired) electrons. The van der Waals surface area contributed by atoms with Crippen LogP contribution in [0.2, 0.25) is 0 Å². The highest BCUT2D eigenvalue weighted by Crippen LogP contribution is 2.30. The maximum Gasteiger partial charge on any atom is 0.0791 e. The molecule has 0 aromatic heterocycles. The maximum absolute atomic E-state index is 9.87. The molecule has 5 nitrogen and oxygen atoms in total. The Labute approximate surface area is 103 Å². The molecule has 0 spiro atoms. The molecular weight excluding hydrogens is 220 g/mol. The Morgan fingerprint density at radius 1 is 1.29 bits per heavy atom. The Morgan fingerprint density at radius 3 is 2.59 bits per heavy atom. The second-order valence-corrected chi connectivity index (χ2v) is 5.28. The van der Waals surface area contributed by atoms with Gasteiger partial charge >= 0.3 is 0 Å². The van der Waals surface area contributed by atoms with Crippen molar-refractivity contribution in [3.8, 4) is 0 Å². The first-order valence-electron chi connectivity index (χ1n) is 6.59. The van der Waals surface area contributed by atoms with E-state index in [4.69, 9.17) is 4.74 Å². The van der Waals surface area contributed by atoms with E-state index in [1.54, 1.807) is 0 Å². The molecule has 2 rings (SSSR count). The van der Waals surface area contributed by atoms with Crippen LogP contribution in [0.1, 0.15) is 19.3 Å². The summed E-state index contributed by atoms with van der Waals surface area (Å²) >= 11 is 0. The number of hydrogen-bond acceptors (Lipinski definition) is 5. The van der Waals surface area contributed by atoms with Crippen molar-refractivity contribution in [1.82, 2.24) is 10.2 Å². The van der Waals surface area contributed by atoms with Crippen LogP contribution in [0.3, 0.4) is 0 Å². The van der Waals surface area contributed by atoms with E-state index < -0.39 is 5.60 Å². The number of aliphatic hydroxyl groups is 2. The first-order valence-corrected chi connectivity index (χ1v) is 6.59. The Bertz CT molecular complexity index is 228. The van der Waals surface area contributed by atoms with E-state index >= 15 is 0 Å². The van der Waals surface area contributed by atoms with Crippen molar-refractivity contribution in [2.75, 3.05) is 45.9 Å². The fraction of sp³-hybridized carbons (Fsp3) is 1.00. The predicted molar refractivity (Wildman–Crippen MR) is 64.9 cm³/mol. The van der Waals surface area contributed by atoms with Gasteiger partial charge < -0.3 is 20.3 Å². The zero-order valence-electron chi connectivity index (χ0n) is 10.4. The summed E-state index contributed by atoms with van der Waals surface area (Å²) in [7, 11) is 0. The van der Waals surface area contributed by atoms with Gasteiger partial charge in [-0.2, -0.15) is 0 Å². The molecule has 1 saturated heterocycles. The molecule has 1 heterocycles. The predicted octanol–water partition coefficient (Wildman–Crippen LogP) is -0.816. The zero-order chi connectivity index (χ0) is 12.1. The van der Waals surface area contributed by atoms with Crippen molar-refractivity contribution < 1.29 is 14.9 Å². The van der Waals surface area contributed by atoms with Gasteiger partial charge in [-0.3, -0.25) is 4.90 Å². The monoisotopic (exact) mass is 244 g/mol. The molecule has 1 atom stereocenters. The largest absolute Gasteiger partial charge is 0.390 e. The summed E-state index contributed by atoms with van der Waals surface area (Å²) in [5, 5.41) is 22.9. The molecule has 1 aliphatic heterocycles. The highest BCUT2D eigenvalue weighted by molar-refractivity contribution is 4.89. The van der Waals surface area contributed by atoms with E-state index in [-0.39, 0.29) is 6.10 Å². The number of hydrogen-bond donors (Lipinski definition) is 3. The number of ether oxygens (including phenoxy) is 1. The van der Waals surface area contributed by atoms with Crippen molar-refractivity contribution in [2.45, 2.75) is 31.0 Å². The fourth-order valence-electron chi connectivity index (χ4n) is 2.38. The average molecular weight is 244 g/mol. The van der Waals surface area contributed by atoms with E-state index in [0.29, 0.717) is 19.6 Å². The molecule has 2 fully saturated rings. The molecule has 5 heteroatoms. The van der Waals surface area contributed by atoms with E-state index in [1.165, 1.54) is 0 Å². The summed E-state index contributed by atoms with van der Waals surface area (Å²) in [6, 6.07) is 0. The quantitative estimate of drug-likeness (QED) is 0.570. The highest BCUT2D eigenvalue weighted by atomic mass is 16.5. The number of rotatable bonds is 6. The summed E-state index contributed by atoms with van der Waals surface area (Å²) in [4.78, 5) is 2.22. The standard InChI is InChI=1S/C12H24N2O3/c15-11(9-14-4-6-17-7-5-14)8-13-10-12(16)2-1-3-12/h11,13,15-16H,1-10H2. The lowest BCUT2D eigenvalue weighted by atomic mass is 9.80. The summed E-state index contributed by atoms with van der Waals surface area (Å²) in [6.07, 6.45) is 2.53. The average Bonchev–Trinajstić information content (AvgIpc) is 2.28. The lowest BCUT2D eigenvalue weighted by molar-refractivity contribution is -0.0341. The normalized spacial score (nSPS) is 26.5. The molecule has 0 amide bonds. The first-order chi connectivity index (χ1) is 8.18. The van der Waals surface area contributed by atoms with Crippen LogP contribution in [0.5, 0.6) is 0 Å². The lowest BCUT2D eigenvalue weighted by Crippen LogP contribution is -2.49. The minimum absolute atomic E-state index is 0.364. The maximum atomic E-state index is 9.87. The van der Waals surface area contributed by atoms with E-state index in [2.05, 4.69) is 10.2 Å². The number of nitrogens with one attached hydrogen (secondary N) is 1. The second-order valence-electron chi connectivity index (χ2n) is 5.28. The third-order valence-electron chi connectivity index (χ3n) is 3.69. The summed E-state index contributed by atoms with van der Waals surface area (Å²) in [5.41, 5.74) is -0.501. The third-order valence-corrected chi connectivity index (χ3v) is 3.69. The minimum Gasteiger partial charge on any atom is -0.390 e. The Hall–Kier alpha value is -0.200. The molecule has 1 saturated carbocycles. The van der Waals surface area contributed by atoms with Gasteiger partial charge in [0.15, 0.2) is 0 Å². The van der Waals surface area contributed by atoms with Crippen molar-refractivity contribution in [2.24, 2.45) is 0 Å². The van der Waals surface area contributed by atoms with Crippen LogP contribution >= 0.6 is 0 Å². The van der Waals surface area contributed by atoms with Gasteiger partial charge in [-0.25, -0.2) is 0 Å². The van der Waals surface area contributed by atoms with Gasteiger partial charge in [0, 0.05) is 32.7 Å². The van der Waals surface area contributed by atoms with E-state index in [1.807, 2.05) is 0 Å². The number of morpholine rings is 1. The second kappa shape index (κ2) is 6.11. The first kappa shape index (κ1) is 13.2. The molecule has 0 aromatic carbocycles. The lowest BCUT2D eigenvalue weighted by Gasteiger charge is -2.37. The smallest absolute Gasteiger partial charge is 0.0791 e. The summed E-state index contributed by atoms with van der Waals surface area (Å²) in [5.74, 6) is 0. The summed E-state index contributed by atoms with van der Waals surface area (Å²) < 4.78 is 5.26. The molecule has 1 aliphatic carbocycles. The molecule has 3 N–H and O–H groups in total. The van der Waals surface area contributed by atoms with Crippen molar-refractivity contribution in [1.29, 1.82) is 0 Å². The molecule has 1 unspecified atom stereocenters. The molecular formula is C12H24N2O3. The fourth-order valence-corrected chi connectivity index (χ4v) is 2.38. The van der Waals surface area contributed by atoms with Gasteiger partial charge in [-0.15, -0.1) is 0 Å². The highest BCUT2D eigenvalue weighted by Gasteiger charge is 2.33. The zero-order valence-corrected chi connectivity index (χ0v) is 10.4. The Balaban J connectivity index is 1.55. The molecule has 2 aliphatic rings. The van der Waals surface area contributed by atoms with Gasteiger partial charge in [0.2, 0.25) is 0 Å². The van der Waals surface area contributed by atoms with Crippen LogP contribution in [-0.2, 0) is 4.74 Å². The molecule has 0 aromatic rings. The molecule has 100 valence electrons. The van der Waals surface area contributed by atoms with Crippen LogP contribution < -0.4 is 5.32 Å². The minimum atomic E-state index is -0.501. The van der Waals surface area contributed by atoms with Gasteiger partial charge in [-0.1, -0.05) is 0 Å². The van der Waals surface area contributed by atoms with Crippen LogP contribution in [0.15, 0.2) is 0 Å². The van der Waals surface area contributed by atoms with Crippen LogP contribution in [0.25, 0.3) is 0 Å². The summed E-state index contributed by atoms with van der Waals surface area (Å²) in [6.45, 7) is 5.18. The number of β-amino-alcohol motifs (C(OH)–C–C–N with tert-alkyl or cyclic N) is 1. The van der Waals surface area contributed by atoms with Gasteiger partial charge in [0.05, 0.1) is 24.9 Å². The topological polar surface area (TPSA) is 65.0 Å². The number of aliphatic hydroxyl groups excluding tert-OH is 1. The van der Waals surface area contributed by atoms with E-state index in [0.717, 1.165) is 45.6 Å². The van der Waals surface area contributed by atoms with Crippen molar-refractivity contribution in [3.63, 3.8) is 0 Å². The molecule has 0 bridgehead atoms.